The fourth-order valence-corrected chi connectivity index (χ4v) is 2.89. The Bertz CT molecular complexity index is 1160. The normalized spacial score (nSPS) is 11.7. The number of nitrogens with zero attached hydrogens (tertiary/aromatic N) is 1. The van der Waals surface area contributed by atoms with Crippen LogP contribution >= 0.6 is 0 Å². The largest absolute Gasteiger partial charge is 0.480 e. The van der Waals surface area contributed by atoms with Gasteiger partial charge in [-0.3, -0.25) is 4.79 Å². The van der Waals surface area contributed by atoms with E-state index in [1.165, 1.54) is 6.07 Å². The van der Waals surface area contributed by atoms with E-state index in [0.29, 0.717) is 23.0 Å². The van der Waals surface area contributed by atoms with Crippen LogP contribution in [0.3, 0.4) is 0 Å². The van der Waals surface area contributed by atoms with Crippen molar-refractivity contribution in [3.8, 4) is 11.3 Å². The molecule has 0 saturated heterocycles. The molecule has 0 spiro atoms. The van der Waals surface area contributed by atoms with E-state index >= 15 is 0 Å². The molecule has 4 N–H and O–H groups in total. The number of benzene rings is 2. The number of hydrogen-bond donors (Lipinski definition) is 4. The molecule has 0 radical (unpaired) electrons. The maximum atomic E-state index is 13.2. The molecule has 33 heavy (non-hydrogen) atoms. The summed E-state index contributed by atoms with van der Waals surface area (Å²) in [7, 11) is 0. The first-order valence-corrected chi connectivity index (χ1v) is 9.77. The molecule has 1 atom stereocenters. The zero-order valence-corrected chi connectivity index (χ0v) is 17.6. The summed E-state index contributed by atoms with van der Waals surface area (Å²) in [5.74, 6) is -3.99. The number of carboxylic acids is 1. The summed E-state index contributed by atoms with van der Waals surface area (Å²) in [4.78, 5) is 35.6. The highest BCUT2D eigenvalue weighted by atomic mass is 19.1. The van der Waals surface area contributed by atoms with Gasteiger partial charge in [0.15, 0.2) is 0 Å². The van der Waals surface area contributed by atoms with Crippen LogP contribution in [-0.2, 0) is 4.79 Å². The molecule has 1 heterocycles. The van der Waals surface area contributed by atoms with Crippen molar-refractivity contribution in [1.82, 2.24) is 10.5 Å². The van der Waals surface area contributed by atoms with Crippen molar-refractivity contribution in [2.24, 2.45) is 5.92 Å². The van der Waals surface area contributed by atoms with E-state index in [-0.39, 0.29) is 17.4 Å². The number of nitrogens with one attached hydrogen (secondary N) is 3. The Balaban J connectivity index is 1.63. The minimum atomic E-state index is -1.16. The van der Waals surface area contributed by atoms with E-state index < -0.39 is 35.6 Å². The summed E-state index contributed by atoms with van der Waals surface area (Å²) in [6.07, 6.45) is 0. The van der Waals surface area contributed by atoms with Crippen molar-refractivity contribution in [3.05, 3.63) is 65.9 Å². The molecular formula is C22H20F2N4O5. The third kappa shape index (κ3) is 6.12. The molecular weight excluding hydrogens is 438 g/mol. The smallest absolute Gasteiger partial charge is 0.326 e. The summed E-state index contributed by atoms with van der Waals surface area (Å²) in [5, 5.41) is 20.2. The predicted molar refractivity (Wildman–Crippen MR) is 115 cm³/mol. The monoisotopic (exact) mass is 458 g/mol. The number of amides is 3. The minimum absolute atomic E-state index is 0.0439. The number of urea groups is 1. The van der Waals surface area contributed by atoms with E-state index in [1.54, 1.807) is 38.1 Å². The van der Waals surface area contributed by atoms with Crippen LogP contribution in [0.4, 0.5) is 25.0 Å². The minimum Gasteiger partial charge on any atom is -0.480 e. The highest BCUT2D eigenvalue weighted by molar-refractivity contribution is 6.00. The van der Waals surface area contributed by atoms with Gasteiger partial charge in [0, 0.05) is 29.1 Å². The van der Waals surface area contributed by atoms with Crippen LogP contribution in [0, 0.1) is 17.6 Å². The van der Waals surface area contributed by atoms with E-state index in [1.807, 2.05) is 0 Å². The maximum absolute atomic E-state index is 13.2. The average molecular weight is 458 g/mol. The lowest BCUT2D eigenvalue weighted by atomic mass is 10.0. The van der Waals surface area contributed by atoms with Crippen molar-refractivity contribution in [2.75, 3.05) is 10.6 Å². The van der Waals surface area contributed by atoms with Gasteiger partial charge in [-0.05, 0) is 30.2 Å². The number of rotatable bonds is 7. The number of carbonyl (C=O) groups excluding carboxylic acids is 2. The first-order valence-electron chi connectivity index (χ1n) is 9.77. The molecule has 0 bridgehead atoms. The Morgan fingerprint density at radius 2 is 1.55 bits per heavy atom. The summed E-state index contributed by atoms with van der Waals surface area (Å²) in [6, 6.07) is 8.53. The highest BCUT2D eigenvalue weighted by Gasteiger charge is 2.25. The zero-order chi connectivity index (χ0) is 24.1. The second-order valence-electron chi connectivity index (χ2n) is 7.42. The van der Waals surface area contributed by atoms with Crippen LogP contribution in [-0.4, -0.2) is 34.2 Å². The lowest BCUT2D eigenvalue weighted by Crippen LogP contribution is -2.44. The number of aliphatic carboxylic acids is 1. The van der Waals surface area contributed by atoms with Crippen molar-refractivity contribution >= 4 is 29.3 Å². The second-order valence-corrected chi connectivity index (χ2v) is 7.42. The van der Waals surface area contributed by atoms with E-state index in [9.17, 15) is 28.3 Å². The van der Waals surface area contributed by atoms with E-state index in [4.69, 9.17) is 4.52 Å². The van der Waals surface area contributed by atoms with Crippen molar-refractivity contribution < 1.29 is 32.8 Å². The van der Waals surface area contributed by atoms with Crippen LogP contribution in [0.2, 0.25) is 0 Å². The van der Waals surface area contributed by atoms with Gasteiger partial charge in [-0.25, -0.2) is 18.4 Å². The molecule has 0 aliphatic rings. The third-order valence-electron chi connectivity index (χ3n) is 4.51. The van der Waals surface area contributed by atoms with Gasteiger partial charge in [-0.1, -0.05) is 31.1 Å². The molecule has 0 unspecified atom stereocenters. The van der Waals surface area contributed by atoms with Gasteiger partial charge < -0.3 is 25.6 Å². The van der Waals surface area contributed by atoms with Gasteiger partial charge in [0.25, 0.3) is 5.91 Å². The molecule has 3 rings (SSSR count). The molecule has 3 aromatic rings. The fourth-order valence-electron chi connectivity index (χ4n) is 2.89. The lowest BCUT2D eigenvalue weighted by Gasteiger charge is -2.16. The van der Waals surface area contributed by atoms with Gasteiger partial charge in [0.05, 0.1) is 0 Å². The fraction of sp³-hybridized carbons (Fsp3) is 0.182. The van der Waals surface area contributed by atoms with Crippen LogP contribution in [0.25, 0.3) is 11.3 Å². The number of anilines is 2. The number of carboxylic acid groups (broad SMARTS) is 1. The van der Waals surface area contributed by atoms with Gasteiger partial charge >= 0.3 is 12.0 Å². The molecule has 11 heteroatoms. The lowest BCUT2D eigenvalue weighted by molar-refractivity contribution is -0.140. The number of aromatic nitrogens is 1. The molecule has 1 aromatic heterocycles. The molecule has 172 valence electrons. The van der Waals surface area contributed by atoms with Gasteiger partial charge in [0.1, 0.15) is 23.4 Å². The second kappa shape index (κ2) is 9.90. The predicted octanol–water partition coefficient (Wildman–Crippen LogP) is 4.10. The van der Waals surface area contributed by atoms with Crippen molar-refractivity contribution in [2.45, 2.75) is 19.9 Å². The van der Waals surface area contributed by atoms with Gasteiger partial charge in [0.2, 0.25) is 5.76 Å². The van der Waals surface area contributed by atoms with Gasteiger partial charge in [-0.15, -0.1) is 0 Å². The number of hydrogen-bond acceptors (Lipinski definition) is 5. The summed E-state index contributed by atoms with van der Waals surface area (Å²) in [6.45, 7) is 3.33. The Labute approximate surface area is 186 Å². The van der Waals surface area contributed by atoms with Crippen molar-refractivity contribution in [1.29, 1.82) is 0 Å². The summed E-state index contributed by atoms with van der Waals surface area (Å²) >= 11 is 0. The third-order valence-corrected chi connectivity index (χ3v) is 4.51. The van der Waals surface area contributed by atoms with Crippen LogP contribution in [0.5, 0.6) is 0 Å². The van der Waals surface area contributed by atoms with Crippen LogP contribution in [0.15, 0.2) is 53.1 Å². The Morgan fingerprint density at radius 1 is 0.939 bits per heavy atom. The van der Waals surface area contributed by atoms with Crippen LogP contribution < -0.4 is 16.0 Å². The standard InChI is InChI=1S/C22H20F2N4O5/c1-11(2)19(21(30)31)27-20(29)18-10-17(28-33-18)12-3-5-15(6-4-12)25-22(32)26-16-8-13(23)7-14(24)9-16/h3-11,19H,1-2H3,(H,27,29)(H,30,31)(H2,25,26,32)/t19-/m0/s1. The molecule has 0 aliphatic carbocycles. The molecule has 2 aromatic carbocycles. The molecule has 9 nitrogen and oxygen atoms in total. The Morgan fingerprint density at radius 3 is 2.12 bits per heavy atom. The van der Waals surface area contributed by atoms with Crippen LogP contribution in [0.1, 0.15) is 24.4 Å². The first-order chi connectivity index (χ1) is 15.6. The van der Waals surface area contributed by atoms with Gasteiger partial charge in [-0.2, -0.15) is 0 Å². The Hall–Kier alpha value is -4.28. The van der Waals surface area contributed by atoms with E-state index in [0.717, 1.165) is 12.1 Å². The first kappa shape index (κ1) is 23.4. The summed E-state index contributed by atoms with van der Waals surface area (Å²) in [5.41, 5.74) is 1.23. The average Bonchev–Trinajstić information content (AvgIpc) is 3.21. The number of carbonyl (C=O) groups is 3. The molecule has 0 aliphatic heterocycles. The maximum Gasteiger partial charge on any atom is 0.326 e. The molecule has 0 saturated carbocycles. The quantitative estimate of drug-likeness (QED) is 0.421. The SMILES string of the molecule is CC(C)[C@H](NC(=O)c1cc(-c2ccc(NC(=O)Nc3cc(F)cc(F)c3)cc2)no1)C(=O)O. The topological polar surface area (TPSA) is 134 Å². The van der Waals surface area contributed by atoms with E-state index in [2.05, 4.69) is 21.1 Å². The van der Waals surface area contributed by atoms with Crippen molar-refractivity contribution in [3.63, 3.8) is 0 Å². The highest BCUT2D eigenvalue weighted by Crippen LogP contribution is 2.22. The molecule has 0 fully saturated rings. The molecule has 3 amide bonds. The zero-order valence-electron chi connectivity index (χ0n) is 17.6. The Kier molecular flexibility index (Phi) is 7.01. The number of halogens is 2. The summed E-state index contributed by atoms with van der Waals surface area (Å²) < 4.78 is 31.5.